The number of aromatic nitrogens is 3. The molecule has 4 heteroatoms. The van der Waals surface area contributed by atoms with E-state index in [1.807, 2.05) is 4.57 Å². The summed E-state index contributed by atoms with van der Waals surface area (Å²) >= 11 is 0. The third kappa shape index (κ3) is 2.14. The van der Waals surface area contributed by atoms with Crippen LogP contribution in [0.25, 0.3) is 0 Å². The normalized spacial score (nSPS) is 10.1. The Morgan fingerprint density at radius 1 is 1.40 bits per heavy atom. The molecular weight excluding hydrogens is 130 g/mol. The highest BCUT2D eigenvalue weighted by Crippen LogP contribution is 1.87. The summed E-state index contributed by atoms with van der Waals surface area (Å²) < 4.78 is 6.82. The fourth-order valence-corrected chi connectivity index (χ4v) is 0.729. The van der Waals surface area contributed by atoms with Gasteiger partial charge in [0.2, 0.25) is 0 Å². The zero-order valence-corrected chi connectivity index (χ0v) is 6.03. The van der Waals surface area contributed by atoms with E-state index in [1.54, 1.807) is 19.8 Å². The summed E-state index contributed by atoms with van der Waals surface area (Å²) in [6.07, 6.45) is 4.42. The molecule has 0 aliphatic carbocycles. The molecule has 1 rings (SSSR count). The average Bonchev–Trinajstić information content (AvgIpc) is 2.41. The minimum absolute atomic E-state index is 0.790. The third-order valence-electron chi connectivity index (χ3n) is 1.23. The topological polar surface area (TPSA) is 39.9 Å². The fraction of sp³-hybridized carbons (Fsp3) is 0.667. The largest absolute Gasteiger partial charge is 0.385 e. The van der Waals surface area contributed by atoms with Crippen molar-refractivity contribution in [2.45, 2.75) is 13.0 Å². The van der Waals surface area contributed by atoms with Gasteiger partial charge in [0.25, 0.3) is 0 Å². The Hall–Kier alpha value is -0.900. The summed E-state index contributed by atoms with van der Waals surface area (Å²) in [4.78, 5) is 0. The Labute approximate surface area is 59.8 Å². The molecule has 0 saturated heterocycles. The van der Waals surface area contributed by atoms with Gasteiger partial charge in [-0.1, -0.05) is 0 Å². The second-order valence-corrected chi connectivity index (χ2v) is 2.05. The fourth-order valence-electron chi connectivity index (χ4n) is 0.729. The number of rotatable bonds is 4. The summed E-state index contributed by atoms with van der Waals surface area (Å²) in [6.45, 7) is 1.72. The van der Waals surface area contributed by atoms with Crippen molar-refractivity contribution >= 4 is 0 Å². The number of ether oxygens (including phenoxy) is 1. The van der Waals surface area contributed by atoms with Crippen LogP contribution in [0.1, 0.15) is 6.42 Å². The number of hydrogen-bond acceptors (Lipinski definition) is 3. The van der Waals surface area contributed by atoms with E-state index >= 15 is 0 Å². The number of hydrogen-bond donors (Lipinski definition) is 0. The van der Waals surface area contributed by atoms with E-state index in [2.05, 4.69) is 10.2 Å². The quantitative estimate of drug-likeness (QED) is 0.567. The second-order valence-electron chi connectivity index (χ2n) is 2.05. The predicted molar refractivity (Wildman–Crippen MR) is 36.5 cm³/mol. The van der Waals surface area contributed by atoms with E-state index in [-0.39, 0.29) is 0 Å². The summed E-state index contributed by atoms with van der Waals surface area (Å²) in [7, 11) is 1.70. The first-order valence-corrected chi connectivity index (χ1v) is 3.25. The van der Waals surface area contributed by atoms with Crippen LogP contribution in [0.4, 0.5) is 0 Å². The highest BCUT2D eigenvalue weighted by molar-refractivity contribution is 4.59. The predicted octanol–water partition coefficient (Wildman–Crippen LogP) is 0.315. The Kier molecular flexibility index (Phi) is 2.89. The summed E-state index contributed by atoms with van der Waals surface area (Å²) in [5.41, 5.74) is 0. The highest BCUT2D eigenvalue weighted by atomic mass is 16.5. The van der Waals surface area contributed by atoms with Gasteiger partial charge in [0, 0.05) is 20.3 Å². The molecule has 0 amide bonds. The number of aryl methyl sites for hydroxylation is 1. The maximum Gasteiger partial charge on any atom is 0.119 e. The lowest BCUT2D eigenvalue weighted by Crippen LogP contribution is -1.98. The van der Waals surface area contributed by atoms with Crippen molar-refractivity contribution in [1.82, 2.24) is 14.8 Å². The SMILES string of the molecule is COCCCn1cnnc1. The molecule has 0 spiro atoms. The van der Waals surface area contributed by atoms with Gasteiger partial charge in [-0.3, -0.25) is 0 Å². The molecule has 0 aliphatic heterocycles. The molecule has 0 atom stereocenters. The average molecular weight is 141 g/mol. The number of nitrogens with zero attached hydrogens (tertiary/aromatic N) is 3. The Morgan fingerprint density at radius 2 is 2.10 bits per heavy atom. The van der Waals surface area contributed by atoms with E-state index in [1.165, 1.54) is 0 Å². The lowest BCUT2D eigenvalue weighted by atomic mass is 10.4. The highest BCUT2D eigenvalue weighted by Gasteiger charge is 1.88. The third-order valence-corrected chi connectivity index (χ3v) is 1.23. The van der Waals surface area contributed by atoms with Crippen LogP contribution < -0.4 is 0 Å². The van der Waals surface area contributed by atoms with Gasteiger partial charge in [0.05, 0.1) is 0 Å². The van der Waals surface area contributed by atoms with Gasteiger partial charge >= 0.3 is 0 Å². The molecule has 0 aliphatic rings. The van der Waals surface area contributed by atoms with Gasteiger partial charge in [0.15, 0.2) is 0 Å². The van der Waals surface area contributed by atoms with Crippen molar-refractivity contribution in [2.75, 3.05) is 13.7 Å². The second kappa shape index (κ2) is 4.00. The van der Waals surface area contributed by atoms with Crippen LogP contribution in [0.3, 0.4) is 0 Å². The van der Waals surface area contributed by atoms with Crippen molar-refractivity contribution in [3.05, 3.63) is 12.7 Å². The van der Waals surface area contributed by atoms with Crippen molar-refractivity contribution in [2.24, 2.45) is 0 Å². The van der Waals surface area contributed by atoms with Crippen molar-refractivity contribution in [3.8, 4) is 0 Å². The first-order valence-electron chi connectivity index (χ1n) is 3.25. The zero-order valence-electron chi connectivity index (χ0n) is 6.03. The van der Waals surface area contributed by atoms with E-state index < -0.39 is 0 Å². The van der Waals surface area contributed by atoms with Gasteiger partial charge in [-0.2, -0.15) is 0 Å². The van der Waals surface area contributed by atoms with E-state index in [9.17, 15) is 0 Å². The number of methoxy groups -OCH3 is 1. The molecule has 1 aromatic heterocycles. The first kappa shape index (κ1) is 7.21. The monoisotopic (exact) mass is 141 g/mol. The maximum atomic E-state index is 4.89. The summed E-state index contributed by atoms with van der Waals surface area (Å²) in [6, 6.07) is 0. The molecular formula is C6H11N3O. The Bertz CT molecular complexity index is 162. The minimum atomic E-state index is 0.790. The lowest BCUT2D eigenvalue weighted by Gasteiger charge is -1.98. The van der Waals surface area contributed by atoms with Crippen molar-refractivity contribution in [3.63, 3.8) is 0 Å². The smallest absolute Gasteiger partial charge is 0.119 e. The van der Waals surface area contributed by atoms with Crippen LogP contribution >= 0.6 is 0 Å². The van der Waals surface area contributed by atoms with Crippen LogP contribution in [0.5, 0.6) is 0 Å². The Morgan fingerprint density at radius 3 is 2.70 bits per heavy atom. The van der Waals surface area contributed by atoms with Crippen molar-refractivity contribution in [1.29, 1.82) is 0 Å². The van der Waals surface area contributed by atoms with Crippen LogP contribution in [-0.2, 0) is 11.3 Å². The van der Waals surface area contributed by atoms with Crippen LogP contribution in [-0.4, -0.2) is 28.5 Å². The lowest BCUT2D eigenvalue weighted by molar-refractivity contribution is 0.190. The molecule has 56 valence electrons. The minimum Gasteiger partial charge on any atom is -0.385 e. The van der Waals surface area contributed by atoms with E-state index in [4.69, 9.17) is 4.74 Å². The van der Waals surface area contributed by atoms with Gasteiger partial charge in [-0.15, -0.1) is 10.2 Å². The van der Waals surface area contributed by atoms with Gasteiger partial charge in [-0.05, 0) is 6.42 Å². The molecule has 1 heterocycles. The Balaban J connectivity index is 2.15. The molecule has 0 radical (unpaired) electrons. The maximum absolute atomic E-state index is 4.89. The van der Waals surface area contributed by atoms with E-state index in [0.717, 1.165) is 19.6 Å². The standard InChI is InChI=1S/C6H11N3O/c1-10-4-2-3-9-5-7-8-6-9/h5-6H,2-4H2,1H3. The molecule has 4 nitrogen and oxygen atoms in total. The first-order chi connectivity index (χ1) is 4.93. The van der Waals surface area contributed by atoms with E-state index in [0.29, 0.717) is 0 Å². The van der Waals surface area contributed by atoms with Gasteiger partial charge in [-0.25, -0.2) is 0 Å². The molecule has 0 saturated carbocycles. The molecule has 10 heavy (non-hydrogen) atoms. The molecule has 0 N–H and O–H groups in total. The zero-order chi connectivity index (χ0) is 7.23. The molecule has 1 aromatic rings. The van der Waals surface area contributed by atoms with Crippen LogP contribution in [0, 0.1) is 0 Å². The van der Waals surface area contributed by atoms with Gasteiger partial charge < -0.3 is 9.30 Å². The van der Waals surface area contributed by atoms with Crippen LogP contribution in [0.2, 0.25) is 0 Å². The van der Waals surface area contributed by atoms with Gasteiger partial charge in [0.1, 0.15) is 12.7 Å². The molecule has 0 unspecified atom stereocenters. The molecule has 0 fully saturated rings. The molecule has 0 aromatic carbocycles. The summed E-state index contributed by atoms with van der Waals surface area (Å²) in [5, 5.41) is 7.35. The van der Waals surface area contributed by atoms with Crippen LogP contribution in [0.15, 0.2) is 12.7 Å². The summed E-state index contributed by atoms with van der Waals surface area (Å²) in [5.74, 6) is 0. The van der Waals surface area contributed by atoms with Crippen molar-refractivity contribution < 1.29 is 4.74 Å². The molecule has 0 bridgehead atoms.